The minimum Gasteiger partial charge on any atom is -0.493 e. The van der Waals surface area contributed by atoms with E-state index in [0.29, 0.717) is 23.7 Å². The number of nitrogens with zero attached hydrogens (tertiary/aromatic N) is 2. The summed E-state index contributed by atoms with van der Waals surface area (Å²) in [7, 11) is -1.77. The molecule has 0 saturated carbocycles. The highest BCUT2D eigenvalue weighted by Gasteiger charge is 2.21. The Hall–Kier alpha value is -1.83. The van der Waals surface area contributed by atoms with E-state index in [4.69, 9.17) is 16.3 Å². The van der Waals surface area contributed by atoms with Crippen molar-refractivity contribution in [2.75, 3.05) is 50.5 Å². The summed E-state index contributed by atoms with van der Waals surface area (Å²) in [5.74, 6) is 0.303. The third kappa shape index (κ3) is 4.96. The highest BCUT2D eigenvalue weighted by molar-refractivity contribution is 7.91. The Morgan fingerprint density at radius 2 is 1.75 bits per heavy atom. The first-order valence-corrected chi connectivity index (χ1v) is 11.2. The number of benzene rings is 2. The van der Waals surface area contributed by atoms with E-state index in [-0.39, 0.29) is 10.6 Å². The van der Waals surface area contributed by atoms with Crippen molar-refractivity contribution in [3.8, 4) is 5.75 Å². The summed E-state index contributed by atoms with van der Waals surface area (Å²) in [5.41, 5.74) is 0.980. The maximum Gasteiger partial charge on any atom is 0.178 e. The van der Waals surface area contributed by atoms with Gasteiger partial charge in [-0.1, -0.05) is 17.7 Å². The van der Waals surface area contributed by atoms with Gasteiger partial charge in [0.2, 0.25) is 0 Å². The summed E-state index contributed by atoms with van der Waals surface area (Å²) < 4.78 is 43.1. The minimum atomic E-state index is -3.38. The van der Waals surface area contributed by atoms with Crippen molar-refractivity contribution in [1.82, 2.24) is 4.90 Å². The highest BCUT2D eigenvalue weighted by atomic mass is 35.5. The molecule has 3 rings (SSSR count). The molecular formula is C20H24ClFN2O3S. The molecule has 0 bridgehead atoms. The molecule has 0 N–H and O–H groups in total. The average Bonchev–Trinajstić information content (AvgIpc) is 2.68. The van der Waals surface area contributed by atoms with Crippen molar-refractivity contribution < 1.29 is 17.5 Å². The zero-order valence-corrected chi connectivity index (χ0v) is 17.3. The van der Waals surface area contributed by atoms with Crippen molar-refractivity contribution >= 4 is 27.1 Å². The summed E-state index contributed by atoms with van der Waals surface area (Å²) in [6.07, 6.45) is 0.542. The number of hydrogen-bond donors (Lipinski definition) is 0. The lowest BCUT2D eigenvalue weighted by molar-refractivity contribution is 0.258. The van der Waals surface area contributed by atoms with Crippen LogP contribution in [0.3, 0.4) is 0 Å². The fraction of sp³-hybridized carbons (Fsp3) is 0.400. The molecule has 2 aromatic carbocycles. The number of rotatable bonds is 7. The summed E-state index contributed by atoms with van der Waals surface area (Å²) in [5, 5.41) is 0.591. The summed E-state index contributed by atoms with van der Waals surface area (Å²) in [4.78, 5) is 4.66. The van der Waals surface area contributed by atoms with Gasteiger partial charge in [-0.15, -0.1) is 0 Å². The quantitative estimate of drug-likeness (QED) is 0.634. The highest BCUT2D eigenvalue weighted by Crippen LogP contribution is 2.35. The largest absolute Gasteiger partial charge is 0.493 e. The van der Waals surface area contributed by atoms with Crippen molar-refractivity contribution in [1.29, 1.82) is 0 Å². The summed E-state index contributed by atoms with van der Waals surface area (Å²) in [6, 6.07) is 10.7. The van der Waals surface area contributed by atoms with Crippen LogP contribution in [0.2, 0.25) is 5.02 Å². The maximum atomic E-state index is 13.0. The smallest absolute Gasteiger partial charge is 0.178 e. The van der Waals surface area contributed by atoms with Gasteiger partial charge in [-0.3, -0.25) is 4.90 Å². The van der Waals surface area contributed by atoms with Gasteiger partial charge < -0.3 is 9.64 Å². The standard InChI is InChI=1S/C20H24ClFN2O3S/c1-27-20-18(21)4-2-5-19(20)24-13-11-23(12-14-24)10-3-15-28(25,26)17-8-6-16(22)7-9-17/h2,4-9H,3,10-15H2,1H3. The number of piperazine rings is 1. The molecule has 0 atom stereocenters. The molecule has 1 heterocycles. The lowest BCUT2D eigenvalue weighted by atomic mass is 10.2. The van der Waals surface area contributed by atoms with E-state index in [2.05, 4.69) is 9.80 Å². The predicted octanol–water partition coefficient (Wildman–Crippen LogP) is 3.47. The topological polar surface area (TPSA) is 49.9 Å². The second-order valence-corrected chi connectivity index (χ2v) is 9.26. The number of methoxy groups -OCH3 is 1. The van der Waals surface area contributed by atoms with E-state index < -0.39 is 15.7 Å². The van der Waals surface area contributed by atoms with E-state index in [1.165, 1.54) is 24.3 Å². The third-order valence-corrected chi connectivity index (χ3v) is 7.04. The molecule has 2 aromatic rings. The van der Waals surface area contributed by atoms with Crippen LogP contribution in [0.15, 0.2) is 47.4 Å². The van der Waals surface area contributed by atoms with E-state index in [1.807, 2.05) is 18.2 Å². The molecule has 0 aromatic heterocycles. The van der Waals surface area contributed by atoms with Gasteiger partial charge >= 0.3 is 0 Å². The van der Waals surface area contributed by atoms with Gasteiger partial charge in [-0.25, -0.2) is 12.8 Å². The lowest BCUT2D eigenvalue weighted by Gasteiger charge is -2.36. The minimum absolute atomic E-state index is 0.0565. The Morgan fingerprint density at radius 3 is 2.39 bits per heavy atom. The van der Waals surface area contributed by atoms with Crippen molar-refractivity contribution in [3.63, 3.8) is 0 Å². The van der Waals surface area contributed by atoms with Crippen molar-refractivity contribution in [2.24, 2.45) is 0 Å². The summed E-state index contributed by atoms with van der Waals surface area (Å²) in [6.45, 7) is 4.03. The number of anilines is 1. The number of halogens is 2. The molecule has 1 aliphatic rings. The normalized spacial score (nSPS) is 15.6. The lowest BCUT2D eigenvalue weighted by Crippen LogP contribution is -2.47. The van der Waals surface area contributed by atoms with Gasteiger partial charge in [0.1, 0.15) is 5.82 Å². The number of para-hydroxylation sites is 1. The zero-order valence-electron chi connectivity index (χ0n) is 15.8. The molecular weight excluding hydrogens is 403 g/mol. The average molecular weight is 427 g/mol. The molecule has 0 amide bonds. The Balaban J connectivity index is 1.50. The molecule has 8 heteroatoms. The molecule has 0 aliphatic carbocycles. The first-order chi connectivity index (χ1) is 13.4. The zero-order chi connectivity index (χ0) is 20.1. The van der Waals surface area contributed by atoms with Gasteiger partial charge in [0.05, 0.1) is 28.5 Å². The SMILES string of the molecule is COc1c(Cl)cccc1N1CCN(CCCS(=O)(=O)c2ccc(F)cc2)CC1. The van der Waals surface area contributed by atoms with Crippen LogP contribution in [0.5, 0.6) is 5.75 Å². The molecule has 0 spiro atoms. The van der Waals surface area contributed by atoms with Crippen LogP contribution in [0.4, 0.5) is 10.1 Å². The Morgan fingerprint density at radius 1 is 1.07 bits per heavy atom. The monoisotopic (exact) mass is 426 g/mol. The van der Waals surface area contributed by atoms with Crippen LogP contribution in [-0.2, 0) is 9.84 Å². The molecule has 0 unspecified atom stereocenters. The van der Waals surface area contributed by atoms with E-state index in [9.17, 15) is 12.8 Å². The molecule has 152 valence electrons. The Kier molecular flexibility index (Phi) is 6.80. The number of hydrogen-bond acceptors (Lipinski definition) is 5. The molecule has 0 radical (unpaired) electrons. The third-order valence-electron chi connectivity index (χ3n) is 4.92. The number of ether oxygens (including phenoxy) is 1. The second-order valence-electron chi connectivity index (χ2n) is 6.75. The van der Waals surface area contributed by atoms with Crippen LogP contribution in [0, 0.1) is 5.82 Å². The predicted molar refractivity (Wildman–Crippen MR) is 110 cm³/mol. The second kappa shape index (κ2) is 9.11. The number of sulfone groups is 1. The van der Waals surface area contributed by atoms with Crippen LogP contribution in [0.1, 0.15) is 6.42 Å². The molecule has 1 fully saturated rings. The molecule has 1 aliphatic heterocycles. The van der Waals surface area contributed by atoms with Crippen LogP contribution < -0.4 is 9.64 Å². The van der Waals surface area contributed by atoms with E-state index in [0.717, 1.165) is 31.9 Å². The Labute approximate surface area is 170 Å². The van der Waals surface area contributed by atoms with Crippen LogP contribution in [0.25, 0.3) is 0 Å². The van der Waals surface area contributed by atoms with Gasteiger partial charge in [0.15, 0.2) is 15.6 Å². The molecule has 1 saturated heterocycles. The first-order valence-electron chi connectivity index (χ1n) is 9.19. The van der Waals surface area contributed by atoms with Crippen molar-refractivity contribution in [2.45, 2.75) is 11.3 Å². The fourth-order valence-electron chi connectivity index (χ4n) is 3.40. The van der Waals surface area contributed by atoms with E-state index in [1.54, 1.807) is 7.11 Å². The van der Waals surface area contributed by atoms with Crippen LogP contribution in [-0.4, -0.2) is 58.9 Å². The maximum absolute atomic E-state index is 13.0. The summed E-state index contributed by atoms with van der Waals surface area (Å²) >= 11 is 6.21. The van der Waals surface area contributed by atoms with Gasteiger partial charge in [-0.2, -0.15) is 0 Å². The van der Waals surface area contributed by atoms with Crippen LogP contribution >= 0.6 is 11.6 Å². The molecule has 28 heavy (non-hydrogen) atoms. The Bertz CT molecular complexity index is 898. The van der Waals surface area contributed by atoms with Gasteiger partial charge in [0.25, 0.3) is 0 Å². The first kappa shape index (κ1) is 20.9. The van der Waals surface area contributed by atoms with E-state index >= 15 is 0 Å². The molecule has 5 nitrogen and oxygen atoms in total. The van der Waals surface area contributed by atoms with Gasteiger partial charge in [0, 0.05) is 26.2 Å². The van der Waals surface area contributed by atoms with Crippen molar-refractivity contribution in [3.05, 3.63) is 53.3 Å². The van der Waals surface area contributed by atoms with Gasteiger partial charge in [-0.05, 0) is 49.4 Å². The fourth-order valence-corrected chi connectivity index (χ4v) is 4.94.